The number of aromatic nitrogens is 1. The molecule has 1 amide bonds. The molecule has 2 aromatic carbocycles. The molecule has 0 bridgehead atoms. The first-order chi connectivity index (χ1) is 11.1. The van der Waals surface area contributed by atoms with Crippen LogP contribution in [0.2, 0.25) is 5.02 Å². The molecule has 3 aromatic rings. The molecule has 0 unspecified atom stereocenters. The third-order valence-electron chi connectivity index (χ3n) is 3.14. The highest BCUT2D eigenvalue weighted by atomic mass is 79.9. The average Bonchev–Trinajstić information content (AvgIpc) is 2.54. The van der Waals surface area contributed by atoms with E-state index in [1.807, 2.05) is 24.3 Å². The lowest BCUT2D eigenvalue weighted by Gasteiger charge is -2.09. The van der Waals surface area contributed by atoms with Gasteiger partial charge in [-0.25, -0.2) is 0 Å². The van der Waals surface area contributed by atoms with Crippen LogP contribution >= 0.6 is 27.5 Å². The molecule has 0 fully saturated rings. The van der Waals surface area contributed by atoms with Gasteiger partial charge in [0.05, 0.1) is 10.5 Å². The van der Waals surface area contributed by atoms with Crippen molar-refractivity contribution in [3.63, 3.8) is 0 Å². The van der Waals surface area contributed by atoms with E-state index in [0.717, 1.165) is 15.4 Å². The maximum atomic E-state index is 12.0. The predicted octanol–water partition coefficient (Wildman–Crippen LogP) is 4.67. The Morgan fingerprint density at radius 3 is 2.91 bits per heavy atom. The van der Waals surface area contributed by atoms with Crippen LogP contribution in [0.4, 0.5) is 5.69 Å². The number of nitrogens with zero attached hydrogens (tertiary/aromatic N) is 1. The fourth-order valence-corrected chi connectivity index (χ4v) is 2.81. The third kappa shape index (κ3) is 4.00. The van der Waals surface area contributed by atoms with E-state index in [1.54, 1.807) is 30.5 Å². The van der Waals surface area contributed by atoms with Gasteiger partial charge in [-0.15, -0.1) is 0 Å². The van der Waals surface area contributed by atoms with Crippen LogP contribution in [-0.2, 0) is 4.79 Å². The molecule has 1 heterocycles. The van der Waals surface area contributed by atoms with Crippen molar-refractivity contribution in [3.05, 3.63) is 64.2 Å². The van der Waals surface area contributed by atoms with E-state index in [0.29, 0.717) is 16.5 Å². The van der Waals surface area contributed by atoms with E-state index in [1.165, 1.54) is 0 Å². The lowest BCUT2D eigenvalue weighted by atomic mass is 10.2. The Kier molecular flexibility index (Phi) is 4.79. The molecule has 23 heavy (non-hydrogen) atoms. The predicted molar refractivity (Wildman–Crippen MR) is 95.0 cm³/mol. The standard InChI is InChI=1S/C17H12BrClN2O2/c18-12-3-6-16(14(19)9-12)23-10-17(22)21-13-4-5-15-11(8-13)2-1-7-20-15/h1-9H,10H2,(H,21,22). The zero-order valence-electron chi connectivity index (χ0n) is 11.9. The number of carbonyl (C=O) groups excluding carboxylic acids is 1. The highest BCUT2D eigenvalue weighted by molar-refractivity contribution is 9.10. The number of benzene rings is 2. The minimum Gasteiger partial charge on any atom is -0.482 e. The van der Waals surface area contributed by atoms with Crippen LogP contribution in [0.5, 0.6) is 5.75 Å². The summed E-state index contributed by atoms with van der Waals surface area (Å²) in [5, 5.41) is 4.20. The van der Waals surface area contributed by atoms with Crippen LogP contribution in [0.25, 0.3) is 10.9 Å². The zero-order chi connectivity index (χ0) is 16.2. The number of hydrogen-bond donors (Lipinski definition) is 1. The molecule has 3 rings (SSSR count). The summed E-state index contributed by atoms with van der Waals surface area (Å²) in [6.45, 7) is -0.119. The molecular weight excluding hydrogens is 380 g/mol. The Bertz CT molecular complexity index is 870. The number of halogens is 2. The molecule has 1 aromatic heterocycles. The first-order valence-electron chi connectivity index (χ1n) is 6.84. The zero-order valence-corrected chi connectivity index (χ0v) is 14.3. The van der Waals surface area contributed by atoms with Gasteiger partial charge in [0.25, 0.3) is 5.91 Å². The van der Waals surface area contributed by atoms with Gasteiger partial charge >= 0.3 is 0 Å². The Balaban J connectivity index is 1.64. The van der Waals surface area contributed by atoms with E-state index in [2.05, 4.69) is 26.2 Å². The van der Waals surface area contributed by atoms with Crippen molar-refractivity contribution in [2.24, 2.45) is 0 Å². The molecule has 0 aliphatic carbocycles. The summed E-state index contributed by atoms with van der Waals surface area (Å²) >= 11 is 9.36. The molecule has 0 spiro atoms. The lowest BCUT2D eigenvalue weighted by molar-refractivity contribution is -0.118. The number of pyridine rings is 1. The normalized spacial score (nSPS) is 10.5. The van der Waals surface area contributed by atoms with Crippen LogP contribution in [0.15, 0.2) is 59.2 Å². The fourth-order valence-electron chi connectivity index (χ4n) is 2.09. The second-order valence-corrected chi connectivity index (χ2v) is 6.15. The number of carbonyl (C=O) groups is 1. The summed E-state index contributed by atoms with van der Waals surface area (Å²) < 4.78 is 6.29. The number of anilines is 1. The Hall–Kier alpha value is -2.11. The molecule has 116 valence electrons. The Labute approximate surface area is 146 Å². The number of rotatable bonds is 4. The summed E-state index contributed by atoms with van der Waals surface area (Å²) in [5.41, 5.74) is 1.57. The summed E-state index contributed by atoms with van der Waals surface area (Å²) in [4.78, 5) is 16.2. The van der Waals surface area contributed by atoms with Gasteiger partial charge in [-0.3, -0.25) is 9.78 Å². The van der Waals surface area contributed by atoms with Crippen molar-refractivity contribution in [3.8, 4) is 5.75 Å². The second kappa shape index (κ2) is 6.98. The highest BCUT2D eigenvalue weighted by Gasteiger charge is 2.07. The van der Waals surface area contributed by atoms with Crippen molar-refractivity contribution in [2.45, 2.75) is 0 Å². The van der Waals surface area contributed by atoms with Crippen LogP contribution < -0.4 is 10.1 Å². The topological polar surface area (TPSA) is 51.2 Å². The monoisotopic (exact) mass is 390 g/mol. The number of ether oxygens (including phenoxy) is 1. The van der Waals surface area contributed by atoms with Gasteiger partial charge in [-0.05, 0) is 42.5 Å². The van der Waals surface area contributed by atoms with E-state index < -0.39 is 0 Å². The van der Waals surface area contributed by atoms with E-state index >= 15 is 0 Å². The number of fused-ring (bicyclic) bond motifs is 1. The highest BCUT2D eigenvalue weighted by Crippen LogP contribution is 2.27. The minimum absolute atomic E-state index is 0.119. The number of hydrogen-bond acceptors (Lipinski definition) is 3. The minimum atomic E-state index is -0.257. The van der Waals surface area contributed by atoms with Gasteiger partial charge in [0.15, 0.2) is 6.61 Å². The summed E-state index contributed by atoms with van der Waals surface area (Å²) in [6, 6.07) is 14.6. The van der Waals surface area contributed by atoms with Gasteiger partial charge in [-0.1, -0.05) is 33.6 Å². The number of nitrogens with one attached hydrogen (secondary N) is 1. The van der Waals surface area contributed by atoms with Gasteiger partial charge < -0.3 is 10.1 Å². The molecule has 1 N–H and O–H groups in total. The fraction of sp³-hybridized carbons (Fsp3) is 0.0588. The maximum Gasteiger partial charge on any atom is 0.262 e. The van der Waals surface area contributed by atoms with Gasteiger partial charge in [0.2, 0.25) is 0 Å². The maximum absolute atomic E-state index is 12.0. The molecule has 0 saturated heterocycles. The molecule has 0 radical (unpaired) electrons. The second-order valence-electron chi connectivity index (χ2n) is 4.82. The molecule has 0 saturated carbocycles. The van der Waals surface area contributed by atoms with Crippen molar-refractivity contribution in [1.29, 1.82) is 0 Å². The number of amides is 1. The molecule has 0 atom stereocenters. The molecule has 4 nitrogen and oxygen atoms in total. The molecule has 6 heteroatoms. The van der Waals surface area contributed by atoms with Crippen molar-refractivity contribution in [1.82, 2.24) is 4.98 Å². The van der Waals surface area contributed by atoms with Gasteiger partial charge in [0.1, 0.15) is 5.75 Å². The first kappa shape index (κ1) is 15.8. The molecule has 0 aliphatic rings. The van der Waals surface area contributed by atoms with Crippen LogP contribution in [0, 0.1) is 0 Å². The first-order valence-corrected chi connectivity index (χ1v) is 8.01. The molecular formula is C17H12BrClN2O2. The quantitative estimate of drug-likeness (QED) is 0.703. The molecule has 0 aliphatic heterocycles. The van der Waals surface area contributed by atoms with Crippen LogP contribution in [-0.4, -0.2) is 17.5 Å². The SMILES string of the molecule is O=C(COc1ccc(Br)cc1Cl)Nc1ccc2ncccc2c1. The third-order valence-corrected chi connectivity index (χ3v) is 3.93. The average molecular weight is 392 g/mol. The Morgan fingerprint density at radius 1 is 1.22 bits per heavy atom. The Morgan fingerprint density at radius 2 is 2.09 bits per heavy atom. The van der Waals surface area contributed by atoms with Crippen LogP contribution in [0.1, 0.15) is 0 Å². The lowest BCUT2D eigenvalue weighted by Crippen LogP contribution is -2.20. The van der Waals surface area contributed by atoms with Gasteiger partial charge in [0, 0.05) is 21.7 Å². The van der Waals surface area contributed by atoms with Crippen LogP contribution in [0.3, 0.4) is 0 Å². The largest absolute Gasteiger partial charge is 0.482 e. The summed E-state index contributed by atoms with van der Waals surface area (Å²) in [6.07, 6.45) is 1.73. The van der Waals surface area contributed by atoms with E-state index in [-0.39, 0.29) is 12.5 Å². The van der Waals surface area contributed by atoms with Gasteiger partial charge in [-0.2, -0.15) is 0 Å². The van der Waals surface area contributed by atoms with E-state index in [4.69, 9.17) is 16.3 Å². The summed E-state index contributed by atoms with van der Waals surface area (Å²) in [5.74, 6) is 0.208. The smallest absolute Gasteiger partial charge is 0.262 e. The summed E-state index contributed by atoms with van der Waals surface area (Å²) in [7, 11) is 0. The van der Waals surface area contributed by atoms with Crippen molar-refractivity contribution in [2.75, 3.05) is 11.9 Å². The van der Waals surface area contributed by atoms with Crippen molar-refractivity contribution >= 4 is 50.0 Å². The van der Waals surface area contributed by atoms with E-state index in [9.17, 15) is 4.79 Å². The van der Waals surface area contributed by atoms with Crippen molar-refractivity contribution < 1.29 is 9.53 Å².